The summed E-state index contributed by atoms with van der Waals surface area (Å²) in [7, 11) is 0. The van der Waals surface area contributed by atoms with Crippen molar-refractivity contribution in [1.29, 1.82) is 0 Å². The van der Waals surface area contributed by atoms with E-state index in [1.165, 1.54) is 0 Å². The summed E-state index contributed by atoms with van der Waals surface area (Å²) in [6, 6.07) is -0.472. The van der Waals surface area contributed by atoms with Gasteiger partial charge in [-0.3, -0.25) is 9.59 Å². The van der Waals surface area contributed by atoms with E-state index in [1.54, 1.807) is 4.90 Å². The van der Waals surface area contributed by atoms with E-state index in [4.69, 9.17) is 5.73 Å². The topological polar surface area (TPSA) is 63.4 Å². The minimum Gasteiger partial charge on any atom is -0.368 e. The van der Waals surface area contributed by atoms with E-state index in [2.05, 4.69) is 31.9 Å². The van der Waals surface area contributed by atoms with Crippen LogP contribution in [-0.4, -0.2) is 29.3 Å². The first-order valence-corrected chi connectivity index (χ1v) is 6.66. The Morgan fingerprint density at radius 3 is 2.75 bits per heavy atom. The third-order valence-corrected chi connectivity index (χ3v) is 3.17. The first-order chi connectivity index (χ1) is 7.45. The smallest absolute Gasteiger partial charge is 0.240 e. The van der Waals surface area contributed by atoms with Crippen LogP contribution in [0, 0.1) is 5.92 Å². The lowest BCUT2D eigenvalue weighted by Gasteiger charge is -2.24. The van der Waals surface area contributed by atoms with Crippen molar-refractivity contribution in [2.24, 2.45) is 11.7 Å². The molecule has 1 heterocycles. The van der Waals surface area contributed by atoms with E-state index in [-0.39, 0.29) is 11.8 Å². The van der Waals surface area contributed by atoms with Crippen molar-refractivity contribution in [3.05, 3.63) is 9.47 Å². The normalized spacial score (nSPS) is 22.1. The monoisotopic (exact) mass is 352 g/mol. The zero-order valence-corrected chi connectivity index (χ0v) is 12.1. The molecule has 2 atom stereocenters. The summed E-state index contributed by atoms with van der Waals surface area (Å²) in [5.74, 6) is -0.304. The Morgan fingerprint density at radius 2 is 2.31 bits per heavy atom. The lowest BCUT2D eigenvalue weighted by Crippen LogP contribution is -2.45. The zero-order valence-electron chi connectivity index (χ0n) is 8.95. The van der Waals surface area contributed by atoms with Gasteiger partial charge in [-0.15, -0.1) is 0 Å². The minimum absolute atomic E-state index is 0.00634. The molecule has 2 unspecified atom stereocenters. The van der Waals surface area contributed by atoms with E-state index in [9.17, 15) is 9.59 Å². The fourth-order valence-electron chi connectivity index (χ4n) is 1.93. The van der Waals surface area contributed by atoms with Crippen molar-refractivity contribution in [2.45, 2.75) is 25.8 Å². The molecule has 1 saturated heterocycles. The lowest BCUT2D eigenvalue weighted by atomic mass is 10.1. The number of likely N-dealkylation sites (tertiary alicyclic amines) is 1. The molecular weight excluding hydrogens is 340 g/mol. The second-order valence-corrected chi connectivity index (χ2v) is 6.57. The molecular formula is C10H14Br2N2O2. The molecule has 90 valence electrons. The largest absolute Gasteiger partial charge is 0.368 e. The molecule has 0 bridgehead atoms. The highest BCUT2D eigenvalue weighted by molar-refractivity contribution is 9.28. The summed E-state index contributed by atoms with van der Waals surface area (Å²) in [6.07, 6.45) is 2.92. The van der Waals surface area contributed by atoms with Crippen LogP contribution < -0.4 is 5.73 Å². The highest BCUT2D eigenvalue weighted by atomic mass is 79.9. The van der Waals surface area contributed by atoms with Crippen LogP contribution in [0.2, 0.25) is 0 Å². The van der Waals surface area contributed by atoms with Gasteiger partial charge in [-0.2, -0.15) is 0 Å². The quantitative estimate of drug-likeness (QED) is 0.836. The molecule has 16 heavy (non-hydrogen) atoms. The third-order valence-electron chi connectivity index (χ3n) is 2.64. The van der Waals surface area contributed by atoms with Crippen LogP contribution >= 0.6 is 31.9 Å². The van der Waals surface area contributed by atoms with Crippen molar-refractivity contribution in [3.8, 4) is 0 Å². The van der Waals surface area contributed by atoms with E-state index in [1.807, 2.05) is 13.0 Å². The summed E-state index contributed by atoms with van der Waals surface area (Å²) in [5.41, 5.74) is 5.27. The maximum atomic E-state index is 11.7. The van der Waals surface area contributed by atoms with Crippen molar-refractivity contribution in [1.82, 2.24) is 4.90 Å². The minimum atomic E-state index is -0.472. The van der Waals surface area contributed by atoms with Gasteiger partial charge in [-0.1, -0.05) is 13.0 Å². The molecule has 1 aliphatic heterocycles. The highest BCUT2D eigenvalue weighted by Gasteiger charge is 2.34. The first kappa shape index (κ1) is 13.7. The maximum Gasteiger partial charge on any atom is 0.240 e. The van der Waals surface area contributed by atoms with Gasteiger partial charge in [0.15, 0.2) is 0 Å². The summed E-state index contributed by atoms with van der Waals surface area (Å²) in [5, 5.41) is 0. The van der Waals surface area contributed by atoms with Crippen LogP contribution in [0.1, 0.15) is 19.8 Å². The fraction of sp³-hybridized carbons (Fsp3) is 0.600. The van der Waals surface area contributed by atoms with Crippen molar-refractivity contribution in [2.75, 3.05) is 6.54 Å². The molecule has 0 spiro atoms. The average Bonchev–Trinajstić information content (AvgIpc) is 2.46. The predicted molar refractivity (Wildman–Crippen MR) is 69.0 cm³/mol. The van der Waals surface area contributed by atoms with Gasteiger partial charge in [0.1, 0.15) is 6.04 Å². The summed E-state index contributed by atoms with van der Waals surface area (Å²) in [6.45, 7) is 2.41. The Bertz CT molecular complexity index is 327. The standard InChI is InChI=1S/C10H14Br2N2O2/c1-2-7(10(13)16)14-5-6(3-8(11)12)4-9(14)15/h3,6-7H,2,4-5H2,1H3,(H2,13,16). The average molecular weight is 354 g/mol. The van der Waals surface area contributed by atoms with Gasteiger partial charge in [0.25, 0.3) is 0 Å². The van der Waals surface area contributed by atoms with Crippen molar-refractivity contribution >= 4 is 43.7 Å². The van der Waals surface area contributed by atoms with Crippen LogP contribution in [0.4, 0.5) is 0 Å². The number of primary amides is 1. The van der Waals surface area contributed by atoms with Crippen LogP contribution in [0.5, 0.6) is 0 Å². The fourth-order valence-corrected chi connectivity index (χ4v) is 2.67. The SMILES string of the molecule is CCC(C(N)=O)N1CC(C=C(Br)Br)CC1=O. The zero-order chi connectivity index (χ0) is 12.3. The summed E-state index contributed by atoms with van der Waals surface area (Å²) >= 11 is 6.53. The van der Waals surface area contributed by atoms with Crippen LogP contribution in [0.3, 0.4) is 0 Å². The van der Waals surface area contributed by atoms with Crippen molar-refractivity contribution < 1.29 is 9.59 Å². The molecule has 0 radical (unpaired) electrons. The molecule has 0 aromatic rings. The Balaban J connectivity index is 2.74. The number of amides is 2. The molecule has 2 amide bonds. The number of hydrogen-bond acceptors (Lipinski definition) is 2. The van der Waals surface area contributed by atoms with Crippen molar-refractivity contribution in [3.63, 3.8) is 0 Å². The third kappa shape index (κ3) is 3.31. The van der Waals surface area contributed by atoms with Gasteiger partial charge in [0.2, 0.25) is 11.8 Å². The van der Waals surface area contributed by atoms with E-state index >= 15 is 0 Å². The number of carbonyl (C=O) groups excluding carboxylic acids is 2. The maximum absolute atomic E-state index is 11.7. The lowest BCUT2D eigenvalue weighted by molar-refractivity contribution is -0.136. The van der Waals surface area contributed by atoms with Crippen LogP contribution in [0.15, 0.2) is 9.47 Å². The second kappa shape index (κ2) is 5.82. The van der Waals surface area contributed by atoms with Gasteiger partial charge in [0.05, 0.1) is 3.39 Å². The first-order valence-electron chi connectivity index (χ1n) is 5.07. The molecule has 1 rings (SSSR count). The Labute approximate surface area is 111 Å². The van der Waals surface area contributed by atoms with E-state index in [0.717, 1.165) is 3.39 Å². The molecule has 0 saturated carbocycles. The Hall–Kier alpha value is -0.360. The van der Waals surface area contributed by atoms with Gasteiger partial charge in [-0.05, 0) is 38.3 Å². The molecule has 6 heteroatoms. The van der Waals surface area contributed by atoms with Gasteiger partial charge < -0.3 is 10.6 Å². The van der Waals surface area contributed by atoms with Crippen LogP contribution in [-0.2, 0) is 9.59 Å². The van der Waals surface area contributed by atoms with Gasteiger partial charge >= 0.3 is 0 Å². The second-order valence-electron chi connectivity index (χ2n) is 3.79. The molecule has 0 aromatic heterocycles. The highest BCUT2D eigenvalue weighted by Crippen LogP contribution is 2.26. The number of rotatable bonds is 4. The number of carbonyl (C=O) groups is 2. The molecule has 4 nitrogen and oxygen atoms in total. The number of halogens is 2. The van der Waals surface area contributed by atoms with Gasteiger partial charge in [0, 0.05) is 18.9 Å². The summed E-state index contributed by atoms with van der Waals surface area (Å²) < 4.78 is 0.826. The molecule has 1 fully saturated rings. The molecule has 1 aliphatic rings. The van der Waals surface area contributed by atoms with Gasteiger partial charge in [-0.25, -0.2) is 0 Å². The summed E-state index contributed by atoms with van der Waals surface area (Å²) in [4.78, 5) is 24.5. The number of hydrogen-bond donors (Lipinski definition) is 1. The van der Waals surface area contributed by atoms with E-state index < -0.39 is 11.9 Å². The number of nitrogens with zero attached hydrogens (tertiary/aromatic N) is 1. The number of nitrogens with two attached hydrogens (primary N) is 1. The molecule has 2 N–H and O–H groups in total. The Morgan fingerprint density at radius 1 is 1.69 bits per heavy atom. The predicted octanol–water partition coefficient (Wildman–Crippen LogP) is 1.73. The molecule has 0 aromatic carbocycles. The Kier molecular flexibility index (Phi) is 4.98. The molecule has 0 aliphatic carbocycles. The van der Waals surface area contributed by atoms with E-state index in [0.29, 0.717) is 19.4 Å². The van der Waals surface area contributed by atoms with Crippen LogP contribution in [0.25, 0.3) is 0 Å².